The number of aliphatic hydroxyl groups excluding tert-OH is 2. The minimum absolute atomic E-state index is 0.466. The van der Waals surface area contributed by atoms with Crippen molar-refractivity contribution in [1.82, 2.24) is 0 Å². The topological polar surface area (TPSA) is 107 Å². The van der Waals surface area contributed by atoms with Crippen LogP contribution in [0.2, 0.25) is 0 Å². The van der Waals surface area contributed by atoms with Gasteiger partial charge in [-0.25, -0.2) is 4.57 Å². The number of rotatable bonds is 6. The van der Waals surface area contributed by atoms with Gasteiger partial charge in [-0.2, -0.15) is 0 Å². The molecule has 0 heterocycles. The molecule has 0 unspecified atom stereocenters. The number of hydrogen-bond acceptors (Lipinski definition) is 4. The standard InChI is InChI=1S/C7H17O6P/c1-3-6(8)5(2)7(9)4-13-14(10,11)12/h5-9H,3-4H2,1-2H3,(H2,10,11,12)/t5-,6-,7+/m0/s1. The second-order valence-corrected chi connectivity index (χ2v) is 4.43. The van der Waals surface area contributed by atoms with Crippen LogP contribution < -0.4 is 0 Å². The Morgan fingerprint density at radius 3 is 2.14 bits per heavy atom. The van der Waals surface area contributed by atoms with Crippen molar-refractivity contribution < 1.29 is 29.1 Å². The van der Waals surface area contributed by atoms with E-state index in [1.165, 1.54) is 0 Å². The molecular weight excluding hydrogens is 211 g/mol. The zero-order chi connectivity index (χ0) is 11.4. The van der Waals surface area contributed by atoms with Crippen molar-refractivity contribution in [3.05, 3.63) is 0 Å². The van der Waals surface area contributed by atoms with Gasteiger partial charge in [0, 0.05) is 5.92 Å². The molecule has 0 bridgehead atoms. The summed E-state index contributed by atoms with van der Waals surface area (Å²) in [6.45, 7) is 2.85. The van der Waals surface area contributed by atoms with Gasteiger partial charge in [0.25, 0.3) is 0 Å². The van der Waals surface area contributed by atoms with Crippen molar-refractivity contribution in [3.63, 3.8) is 0 Å². The lowest BCUT2D eigenvalue weighted by Crippen LogP contribution is -2.32. The lowest BCUT2D eigenvalue weighted by Gasteiger charge is -2.22. The zero-order valence-corrected chi connectivity index (χ0v) is 9.09. The molecular formula is C7H17O6P. The molecule has 0 saturated carbocycles. The van der Waals surface area contributed by atoms with Gasteiger partial charge in [-0.15, -0.1) is 0 Å². The number of phosphoric acid groups is 1. The summed E-state index contributed by atoms with van der Waals surface area (Å²) < 4.78 is 14.4. The molecule has 0 aromatic carbocycles. The van der Waals surface area contributed by atoms with E-state index in [-0.39, 0.29) is 0 Å². The minimum Gasteiger partial charge on any atom is -0.393 e. The highest BCUT2D eigenvalue weighted by molar-refractivity contribution is 7.46. The molecule has 0 saturated heterocycles. The molecule has 0 aromatic rings. The van der Waals surface area contributed by atoms with Gasteiger partial charge in [0.15, 0.2) is 0 Å². The van der Waals surface area contributed by atoms with Crippen LogP contribution in [0.1, 0.15) is 20.3 Å². The summed E-state index contributed by atoms with van der Waals surface area (Å²) >= 11 is 0. The average Bonchev–Trinajstić information content (AvgIpc) is 2.10. The van der Waals surface area contributed by atoms with E-state index >= 15 is 0 Å². The van der Waals surface area contributed by atoms with Crippen molar-refractivity contribution >= 4 is 7.82 Å². The Morgan fingerprint density at radius 2 is 1.79 bits per heavy atom. The van der Waals surface area contributed by atoms with E-state index in [1.54, 1.807) is 13.8 Å². The number of hydrogen-bond donors (Lipinski definition) is 4. The maximum absolute atomic E-state index is 10.3. The van der Waals surface area contributed by atoms with Gasteiger partial charge in [0.2, 0.25) is 0 Å². The third-order valence-electron chi connectivity index (χ3n) is 2.05. The van der Waals surface area contributed by atoms with E-state index in [2.05, 4.69) is 4.52 Å². The predicted molar refractivity (Wildman–Crippen MR) is 49.5 cm³/mol. The predicted octanol–water partition coefficient (Wildman–Crippen LogP) is -0.136. The minimum atomic E-state index is -4.54. The Balaban J connectivity index is 3.96. The van der Waals surface area contributed by atoms with Crippen LogP contribution in [0, 0.1) is 5.92 Å². The average molecular weight is 228 g/mol. The first-order chi connectivity index (χ1) is 6.28. The van der Waals surface area contributed by atoms with Crippen LogP contribution >= 0.6 is 7.82 Å². The fourth-order valence-electron chi connectivity index (χ4n) is 0.953. The third-order valence-corrected chi connectivity index (χ3v) is 2.53. The van der Waals surface area contributed by atoms with Gasteiger partial charge in [0.1, 0.15) is 0 Å². The first kappa shape index (κ1) is 14.0. The molecule has 86 valence electrons. The van der Waals surface area contributed by atoms with Gasteiger partial charge in [-0.1, -0.05) is 13.8 Å². The van der Waals surface area contributed by atoms with Crippen LogP contribution in [0.3, 0.4) is 0 Å². The van der Waals surface area contributed by atoms with Crippen molar-refractivity contribution in [2.45, 2.75) is 32.5 Å². The summed E-state index contributed by atoms with van der Waals surface area (Å²) in [6, 6.07) is 0. The molecule has 0 aliphatic rings. The van der Waals surface area contributed by atoms with Crippen LogP contribution in [0.15, 0.2) is 0 Å². The van der Waals surface area contributed by atoms with Crippen molar-refractivity contribution in [2.75, 3.05) is 6.61 Å². The molecule has 6 nitrogen and oxygen atoms in total. The van der Waals surface area contributed by atoms with E-state index in [0.717, 1.165) is 0 Å². The summed E-state index contributed by atoms with van der Waals surface area (Å²) in [5.41, 5.74) is 0. The van der Waals surface area contributed by atoms with Gasteiger partial charge in [-0.3, -0.25) is 4.52 Å². The second-order valence-electron chi connectivity index (χ2n) is 3.19. The highest BCUT2D eigenvalue weighted by atomic mass is 31.2. The van der Waals surface area contributed by atoms with E-state index in [1.807, 2.05) is 0 Å². The fourth-order valence-corrected chi connectivity index (χ4v) is 1.30. The van der Waals surface area contributed by atoms with E-state index in [9.17, 15) is 14.8 Å². The normalized spacial score (nSPS) is 19.0. The molecule has 14 heavy (non-hydrogen) atoms. The molecule has 0 amide bonds. The Labute approximate surface area is 82.8 Å². The zero-order valence-electron chi connectivity index (χ0n) is 8.20. The van der Waals surface area contributed by atoms with Crippen LogP contribution in [-0.2, 0) is 9.09 Å². The van der Waals surface area contributed by atoms with Crippen molar-refractivity contribution in [2.24, 2.45) is 5.92 Å². The second kappa shape index (κ2) is 5.80. The maximum atomic E-state index is 10.3. The van der Waals surface area contributed by atoms with E-state index < -0.39 is 32.6 Å². The Hall–Kier alpha value is 0.0300. The summed E-state index contributed by atoms with van der Waals surface area (Å²) in [6.07, 6.45) is -1.32. The van der Waals surface area contributed by atoms with Crippen molar-refractivity contribution in [1.29, 1.82) is 0 Å². The molecule has 0 aliphatic heterocycles. The van der Waals surface area contributed by atoms with Gasteiger partial charge in [0.05, 0.1) is 18.8 Å². The molecule has 0 aliphatic carbocycles. The van der Waals surface area contributed by atoms with Gasteiger partial charge < -0.3 is 20.0 Å². The molecule has 4 N–H and O–H groups in total. The molecule has 7 heteroatoms. The highest BCUT2D eigenvalue weighted by Gasteiger charge is 2.24. The van der Waals surface area contributed by atoms with Gasteiger partial charge >= 0.3 is 7.82 Å². The van der Waals surface area contributed by atoms with Crippen LogP contribution in [0.5, 0.6) is 0 Å². The summed E-state index contributed by atoms with van der Waals surface area (Å²) in [5.74, 6) is -0.480. The maximum Gasteiger partial charge on any atom is 0.469 e. The molecule has 0 spiro atoms. The summed E-state index contributed by atoms with van der Waals surface area (Å²) in [5, 5.41) is 18.7. The van der Waals surface area contributed by atoms with Crippen LogP contribution in [0.4, 0.5) is 0 Å². The summed E-state index contributed by atoms with van der Waals surface area (Å²) in [4.78, 5) is 16.7. The SMILES string of the molecule is CC[C@H](O)[C@H](C)[C@H](O)COP(=O)(O)O. The fraction of sp³-hybridized carbons (Fsp3) is 1.00. The smallest absolute Gasteiger partial charge is 0.393 e. The van der Waals surface area contributed by atoms with E-state index in [4.69, 9.17) is 9.79 Å². The lowest BCUT2D eigenvalue weighted by molar-refractivity contribution is -0.00912. The monoisotopic (exact) mass is 228 g/mol. The van der Waals surface area contributed by atoms with Crippen LogP contribution in [0.25, 0.3) is 0 Å². The molecule has 0 aromatic heterocycles. The molecule has 0 rings (SSSR count). The number of aliphatic hydroxyl groups is 2. The first-order valence-electron chi connectivity index (χ1n) is 4.34. The third kappa shape index (κ3) is 5.70. The largest absolute Gasteiger partial charge is 0.469 e. The molecule has 0 fully saturated rings. The lowest BCUT2D eigenvalue weighted by atomic mass is 9.97. The van der Waals surface area contributed by atoms with Crippen molar-refractivity contribution in [3.8, 4) is 0 Å². The Kier molecular flexibility index (Phi) is 5.81. The summed E-state index contributed by atoms with van der Waals surface area (Å²) in [7, 11) is -4.54. The first-order valence-corrected chi connectivity index (χ1v) is 5.87. The van der Waals surface area contributed by atoms with E-state index in [0.29, 0.717) is 6.42 Å². The van der Waals surface area contributed by atoms with Crippen LogP contribution in [-0.4, -0.2) is 38.8 Å². The number of phosphoric ester groups is 1. The highest BCUT2D eigenvalue weighted by Crippen LogP contribution is 2.36. The Morgan fingerprint density at radius 1 is 1.29 bits per heavy atom. The quantitative estimate of drug-likeness (QED) is 0.471. The molecule has 3 atom stereocenters. The van der Waals surface area contributed by atoms with Gasteiger partial charge in [-0.05, 0) is 6.42 Å². The molecule has 0 radical (unpaired) electrons. The Bertz CT molecular complexity index is 202.